The Kier molecular flexibility index (Phi) is 9.08. The van der Waals surface area contributed by atoms with Gasteiger partial charge in [0.25, 0.3) is 0 Å². The fourth-order valence-corrected chi connectivity index (χ4v) is 13.7. The van der Waals surface area contributed by atoms with E-state index in [4.69, 9.17) is 0 Å². The maximum Gasteiger partial charge on any atom is 0.333 e. The first-order valence-electron chi connectivity index (χ1n) is 27.1. The van der Waals surface area contributed by atoms with Crippen molar-refractivity contribution in [1.29, 1.82) is 0 Å². The molecule has 2 aromatic heterocycles. The van der Waals surface area contributed by atoms with Crippen molar-refractivity contribution in [2.45, 2.75) is 119 Å². The summed E-state index contributed by atoms with van der Waals surface area (Å²) in [6.45, 7) is 32.5. The molecule has 4 aliphatic heterocycles. The van der Waals surface area contributed by atoms with Crippen molar-refractivity contribution in [3.8, 4) is 22.3 Å². The highest BCUT2D eigenvalue weighted by atomic mass is 15.2. The molecule has 0 amide bonds. The quantitative estimate of drug-likeness (QED) is 0.161. The molecule has 0 saturated carbocycles. The Morgan fingerprint density at radius 2 is 0.676 bits per heavy atom. The van der Waals surface area contributed by atoms with E-state index in [1.54, 1.807) is 0 Å². The van der Waals surface area contributed by atoms with Crippen LogP contribution >= 0.6 is 0 Å². The number of hydrogen-bond donors (Lipinski definition) is 0. The zero-order valence-corrected chi connectivity index (χ0v) is 45.8. The Bertz CT molecular complexity index is 3820. The van der Waals surface area contributed by atoms with Gasteiger partial charge in [0.2, 0.25) is 0 Å². The normalized spacial score (nSPS) is 14.5. The number of aryl methyl sites for hydroxylation is 2. The van der Waals surface area contributed by atoms with Crippen molar-refractivity contribution < 1.29 is 0 Å². The van der Waals surface area contributed by atoms with E-state index >= 15 is 0 Å². The van der Waals surface area contributed by atoms with E-state index in [1.807, 2.05) is 0 Å². The predicted octanol–water partition coefficient (Wildman–Crippen LogP) is 15.4. The largest absolute Gasteiger partial charge is 0.374 e. The van der Waals surface area contributed by atoms with Crippen LogP contribution in [0.1, 0.15) is 116 Å². The summed E-state index contributed by atoms with van der Waals surface area (Å²) >= 11 is 0. The average Bonchev–Trinajstić information content (AvgIpc) is 3.89. The minimum atomic E-state index is -0.0713. The van der Waals surface area contributed by atoms with E-state index in [9.17, 15) is 0 Å². The van der Waals surface area contributed by atoms with Crippen LogP contribution in [0.5, 0.6) is 0 Å². The number of hydrogen-bond acceptors (Lipinski definition) is 2. The van der Waals surface area contributed by atoms with Crippen molar-refractivity contribution in [1.82, 2.24) is 8.96 Å². The van der Waals surface area contributed by atoms with Crippen LogP contribution in [0.15, 0.2) is 146 Å². The molecule has 6 heterocycles. The molecular formula is C68H66B2N4. The maximum atomic E-state index is 2.82. The number of aromatic nitrogens is 2. The van der Waals surface area contributed by atoms with Crippen LogP contribution in [-0.2, 0) is 21.7 Å². The smallest absolute Gasteiger partial charge is 0.333 e. The molecule has 74 heavy (non-hydrogen) atoms. The van der Waals surface area contributed by atoms with Gasteiger partial charge in [-0.1, -0.05) is 180 Å². The molecule has 0 N–H and O–H groups in total. The molecule has 8 aromatic carbocycles. The minimum Gasteiger partial charge on any atom is -0.374 e. The lowest BCUT2D eigenvalue weighted by Gasteiger charge is -2.42. The summed E-state index contributed by atoms with van der Waals surface area (Å²) in [6, 6.07) is 57.5. The molecule has 10 aromatic rings. The van der Waals surface area contributed by atoms with Crippen LogP contribution in [0, 0.1) is 13.8 Å². The molecular weight excluding hydrogens is 894 g/mol. The number of anilines is 6. The maximum absolute atomic E-state index is 2.82. The first kappa shape index (κ1) is 45.4. The van der Waals surface area contributed by atoms with Gasteiger partial charge in [0.1, 0.15) is 0 Å². The number of benzene rings is 8. The third-order valence-corrected chi connectivity index (χ3v) is 17.6. The monoisotopic (exact) mass is 961 g/mol. The van der Waals surface area contributed by atoms with Gasteiger partial charge in [-0.05, 0) is 150 Å². The SMILES string of the molecule is Cc1ccc2c3c1-c1cccc4c1n(c1c5cccc6c5n(c41)B1c4cc(C(C)(C)C)ccc4N(c4ccc(C(C)(C)C)cc4)c4ccc(C)c-6c41)B3c1cc(C(C)(C)C)ccc1N2c1ccc(C(C)(C)C)cc1. The van der Waals surface area contributed by atoms with Crippen LogP contribution in [0.3, 0.4) is 0 Å². The van der Waals surface area contributed by atoms with E-state index in [0.29, 0.717) is 0 Å². The van der Waals surface area contributed by atoms with Gasteiger partial charge in [-0.3, -0.25) is 0 Å². The Balaban J connectivity index is 1.11. The van der Waals surface area contributed by atoms with Crippen molar-refractivity contribution in [2.24, 2.45) is 0 Å². The summed E-state index contributed by atoms with van der Waals surface area (Å²) in [5.74, 6) is 0. The molecule has 4 nitrogen and oxygen atoms in total. The van der Waals surface area contributed by atoms with Gasteiger partial charge < -0.3 is 18.8 Å². The van der Waals surface area contributed by atoms with E-state index in [1.165, 1.54) is 144 Å². The van der Waals surface area contributed by atoms with Crippen LogP contribution < -0.4 is 31.7 Å². The van der Waals surface area contributed by atoms with Gasteiger partial charge in [0.05, 0.1) is 11.0 Å². The first-order chi connectivity index (χ1) is 35.1. The number of para-hydroxylation sites is 2. The van der Waals surface area contributed by atoms with E-state index in [0.717, 1.165) is 0 Å². The van der Waals surface area contributed by atoms with Crippen LogP contribution in [0.4, 0.5) is 34.1 Å². The number of fused-ring (bicyclic) bond motifs is 13. The topological polar surface area (TPSA) is 16.3 Å². The van der Waals surface area contributed by atoms with Crippen molar-refractivity contribution in [3.63, 3.8) is 0 Å². The molecule has 0 fully saturated rings. The Morgan fingerprint density at radius 3 is 1.03 bits per heavy atom. The first-order valence-corrected chi connectivity index (χ1v) is 27.1. The molecule has 0 unspecified atom stereocenters. The van der Waals surface area contributed by atoms with Crippen LogP contribution in [0.25, 0.3) is 55.1 Å². The summed E-state index contributed by atoms with van der Waals surface area (Å²) in [7, 11) is 0. The molecule has 14 rings (SSSR count). The van der Waals surface area contributed by atoms with Gasteiger partial charge in [-0.2, -0.15) is 0 Å². The number of nitrogens with zero attached hydrogens (tertiary/aromatic N) is 4. The highest BCUT2D eigenvalue weighted by molar-refractivity contribution is 6.92. The van der Waals surface area contributed by atoms with Gasteiger partial charge >= 0.3 is 13.7 Å². The molecule has 0 saturated heterocycles. The number of rotatable bonds is 2. The second-order valence-electron chi connectivity index (χ2n) is 26.3. The van der Waals surface area contributed by atoms with Crippen molar-refractivity contribution in [3.05, 3.63) is 179 Å². The van der Waals surface area contributed by atoms with E-state index < -0.39 is 0 Å². The van der Waals surface area contributed by atoms with Crippen molar-refractivity contribution >= 4 is 103 Å². The Hall–Kier alpha value is -7.17. The second-order valence-corrected chi connectivity index (χ2v) is 26.3. The van der Waals surface area contributed by atoms with Gasteiger partial charge in [-0.25, -0.2) is 0 Å². The lowest BCUT2D eigenvalue weighted by molar-refractivity contribution is 0.590. The molecule has 0 aliphatic carbocycles. The lowest BCUT2D eigenvalue weighted by atomic mass is 9.44. The molecule has 0 bridgehead atoms. The molecule has 0 atom stereocenters. The van der Waals surface area contributed by atoms with Gasteiger partial charge in [0, 0.05) is 67.1 Å². The molecule has 364 valence electrons. The third-order valence-electron chi connectivity index (χ3n) is 17.6. The zero-order chi connectivity index (χ0) is 51.4. The fourth-order valence-electron chi connectivity index (χ4n) is 13.7. The zero-order valence-electron chi connectivity index (χ0n) is 45.8. The predicted molar refractivity (Wildman–Crippen MR) is 320 cm³/mol. The molecule has 0 spiro atoms. The summed E-state index contributed by atoms with van der Waals surface area (Å²) < 4.78 is 5.64. The minimum absolute atomic E-state index is 0.0500. The van der Waals surface area contributed by atoms with Crippen LogP contribution in [-0.4, -0.2) is 22.7 Å². The van der Waals surface area contributed by atoms with E-state index in [-0.39, 0.29) is 35.4 Å². The Morgan fingerprint density at radius 1 is 0.338 bits per heavy atom. The van der Waals surface area contributed by atoms with Crippen LogP contribution in [0.2, 0.25) is 0 Å². The second kappa shape index (κ2) is 14.8. The molecule has 6 heteroatoms. The standard InChI is InChI=1S/C68H66B2N4/c1-39-21-33-55-59-57(39)47-17-15-19-49-61(47)73(69(59)51-37-43(67(9,10)11)27-35-53(51)71(55)45-29-23-41(24-30-45)65(3,4)5)64-50-20-16-18-48-58-40(2)22-34-56-60(58)70(74(62(48)50)63(49)64)52-38-44(68(12,13)14)28-36-54(52)72(56)46-31-25-42(26-32-46)66(6,7)8/h15-38H,1-14H3. The highest BCUT2D eigenvalue weighted by Crippen LogP contribution is 2.52. The third kappa shape index (κ3) is 6.06. The average molecular weight is 961 g/mol. The summed E-state index contributed by atoms with van der Waals surface area (Å²) in [6.07, 6.45) is 0. The van der Waals surface area contributed by atoms with Crippen molar-refractivity contribution in [2.75, 3.05) is 9.80 Å². The summed E-state index contributed by atoms with van der Waals surface area (Å²) in [4.78, 5) is 5.14. The summed E-state index contributed by atoms with van der Waals surface area (Å²) in [5.41, 5.74) is 31.6. The van der Waals surface area contributed by atoms with E-state index in [2.05, 4.69) is 261 Å². The molecule has 4 aliphatic rings. The summed E-state index contributed by atoms with van der Waals surface area (Å²) in [5, 5.41) is 2.63. The fraction of sp³-hybridized carbons (Fsp3) is 0.265. The molecule has 0 radical (unpaired) electrons. The lowest BCUT2D eigenvalue weighted by Crippen LogP contribution is -2.57. The Labute approximate surface area is 438 Å². The van der Waals surface area contributed by atoms with Gasteiger partial charge in [0.15, 0.2) is 0 Å². The van der Waals surface area contributed by atoms with Gasteiger partial charge in [-0.15, -0.1) is 0 Å². The highest BCUT2D eigenvalue weighted by Gasteiger charge is 2.48.